The lowest BCUT2D eigenvalue weighted by molar-refractivity contribution is -0.130. The number of thioether (sulfide) groups is 1. The molecule has 1 aromatic rings. The Morgan fingerprint density at radius 3 is 2.82 bits per heavy atom. The van der Waals surface area contributed by atoms with Crippen LogP contribution in [0.1, 0.15) is 50.6 Å². The molecular formula is C24H34N6O2S. The second-order valence-electron chi connectivity index (χ2n) is 8.96. The van der Waals surface area contributed by atoms with Crippen LogP contribution in [-0.2, 0) is 4.79 Å². The molecule has 0 bridgehead atoms. The Morgan fingerprint density at radius 1 is 1.21 bits per heavy atom. The van der Waals surface area contributed by atoms with E-state index in [2.05, 4.69) is 69.5 Å². The molecule has 4 aliphatic rings. The van der Waals surface area contributed by atoms with Crippen molar-refractivity contribution in [2.24, 2.45) is 5.10 Å². The number of benzene rings is 1. The van der Waals surface area contributed by atoms with Gasteiger partial charge in [-0.15, -0.1) is 0 Å². The van der Waals surface area contributed by atoms with Crippen molar-refractivity contribution in [3.63, 3.8) is 0 Å². The number of hydrazine groups is 1. The molecule has 3 unspecified atom stereocenters. The summed E-state index contributed by atoms with van der Waals surface area (Å²) in [4.78, 5) is 16.8. The summed E-state index contributed by atoms with van der Waals surface area (Å²) in [7, 11) is 0. The molecule has 4 aliphatic heterocycles. The highest BCUT2D eigenvalue weighted by Crippen LogP contribution is 2.34. The van der Waals surface area contributed by atoms with E-state index in [-0.39, 0.29) is 24.2 Å². The number of nitrogens with one attached hydrogen (secondary N) is 2. The molecular weight excluding hydrogens is 436 g/mol. The quantitative estimate of drug-likeness (QED) is 0.566. The van der Waals surface area contributed by atoms with Gasteiger partial charge < -0.3 is 19.5 Å². The minimum atomic E-state index is 0.0839. The number of ether oxygens (including phenoxy) is 1. The van der Waals surface area contributed by atoms with Crippen molar-refractivity contribution < 1.29 is 9.53 Å². The number of nitrogens with zero attached hydrogens (tertiary/aromatic N) is 4. The lowest BCUT2D eigenvalue weighted by Gasteiger charge is -2.37. The third kappa shape index (κ3) is 4.94. The van der Waals surface area contributed by atoms with Gasteiger partial charge in [-0.1, -0.05) is 25.5 Å². The maximum Gasteiger partial charge on any atom is 0.223 e. The summed E-state index contributed by atoms with van der Waals surface area (Å²) < 4.78 is 5.80. The summed E-state index contributed by atoms with van der Waals surface area (Å²) in [6.07, 6.45) is 8.62. The Labute approximate surface area is 200 Å². The van der Waals surface area contributed by atoms with Crippen molar-refractivity contribution >= 4 is 23.5 Å². The average molecular weight is 471 g/mol. The monoisotopic (exact) mass is 470 g/mol. The van der Waals surface area contributed by atoms with Gasteiger partial charge in [-0.25, -0.2) is 5.43 Å². The van der Waals surface area contributed by atoms with E-state index in [1.165, 1.54) is 5.56 Å². The molecule has 1 amide bonds. The van der Waals surface area contributed by atoms with E-state index in [1.54, 1.807) is 0 Å². The van der Waals surface area contributed by atoms with Crippen molar-refractivity contribution in [3.05, 3.63) is 42.2 Å². The number of hydrogen-bond acceptors (Lipinski definition) is 8. The third-order valence-electron chi connectivity index (χ3n) is 6.79. The van der Waals surface area contributed by atoms with Crippen LogP contribution in [0.15, 0.2) is 41.8 Å². The first-order chi connectivity index (χ1) is 16.2. The molecule has 0 radical (unpaired) electrons. The number of hydrazone groups is 1. The van der Waals surface area contributed by atoms with Crippen molar-refractivity contribution in [2.75, 3.05) is 31.2 Å². The molecule has 2 N–H and O–H groups in total. The van der Waals surface area contributed by atoms with Gasteiger partial charge in [0.1, 0.15) is 17.8 Å². The molecule has 0 spiro atoms. The minimum Gasteiger partial charge on any atom is -0.494 e. The molecule has 2 fully saturated rings. The molecule has 3 atom stereocenters. The number of rotatable bonds is 8. The molecule has 33 heavy (non-hydrogen) atoms. The zero-order valence-corrected chi connectivity index (χ0v) is 20.1. The number of unbranched alkanes of at least 4 members (excludes halogenated alkanes) is 1. The highest BCUT2D eigenvalue weighted by atomic mass is 32.2. The summed E-state index contributed by atoms with van der Waals surface area (Å²) >= 11 is 1.92. The Hall–Kier alpha value is -2.39. The van der Waals surface area contributed by atoms with Crippen LogP contribution in [0.4, 0.5) is 0 Å². The third-order valence-corrected chi connectivity index (χ3v) is 7.73. The van der Waals surface area contributed by atoms with Gasteiger partial charge >= 0.3 is 0 Å². The number of hydrogen-bond donors (Lipinski definition) is 2. The van der Waals surface area contributed by atoms with E-state index in [9.17, 15) is 4.79 Å². The van der Waals surface area contributed by atoms with Gasteiger partial charge in [-0.3, -0.25) is 10.2 Å². The lowest BCUT2D eigenvalue weighted by Crippen LogP contribution is -2.54. The second-order valence-corrected chi connectivity index (χ2v) is 10.2. The SMILES string of the molecule is CCCCOc1ccc(C2CC3C4NN=C(CCC(=O)N5CCSCC5)N4C=CN3N2)cc1. The molecule has 2 saturated heterocycles. The van der Waals surface area contributed by atoms with E-state index < -0.39 is 0 Å². The van der Waals surface area contributed by atoms with Crippen molar-refractivity contribution in [1.82, 2.24) is 25.7 Å². The number of amides is 1. The summed E-state index contributed by atoms with van der Waals surface area (Å²) in [5.41, 5.74) is 8.21. The summed E-state index contributed by atoms with van der Waals surface area (Å²) in [5, 5.41) is 6.79. The predicted molar refractivity (Wildman–Crippen MR) is 131 cm³/mol. The first-order valence-electron chi connectivity index (χ1n) is 12.1. The van der Waals surface area contributed by atoms with Crippen LogP contribution in [0.25, 0.3) is 0 Å². The fraction of sp³-hybridized carbons (Fsp3) is 0.583. The molecule has 9 heteroatoms. The maximum absolute atomic E-state index is 12.6. The Kier molecular flexibility index (Phi) is 6.96. The Morgan fingerprint density at radius 2 is 2.03 bits per heavy atom. The first-order valence-corrected chi connectivity index (χ1v) is 13.3. The molecule has 5 rings (SSSR count). The second kappa shape index (κ2) is 10.3. The van der Waals surface area contributed by atoms with Crippen molar-refractivity contribution in [2.45, 2.75) is 57.3 Å². The Balaban J connectivity index is 1.15. The van der Waals surface area contributed by atoms with Gasteiger partial charge in [0.15, 0.2) is 0 Å². The van der Waals surface area contributed by atoms with E-state index in [4.69, 9.17) is 4.74 Å². The van der Waals surface area contributed by atoms with Gasteiger partial charge in [0.25, 0.3) is 0 Å². The highest BCUT2D eigenvalue weighted by Gasteiger charge is 2.44. The zero-order chi connectivity index (χ0) is 22.6. The first kappa shape index (κ1) is 22.4. The van der Waals surface area contributed by atoms with Crippen molar-refractivity contribution in [1.29, 1.82) is 0 Å². The van der Waals surface area contributed by atoms with Crippen LogP contribution >= 0.6 is 11.8 Å². The van der Waals surface area contributed by atoms with Gasteiger partial charge in [0.05, 0.1) is 18.7 Å². The predicted octanol–water partition coefficient (Wildman–Crippen LogP) is 2.87. The fourth-order valence-corrected chi connectivity index (χ4v) is 5.75. The summed E-state index contributed by atoms with van der Waals surface area (Å²) in [5.74, 6) is 4.22. The number of carbonyl (C=O) groups is 1. The number of carbonyl (C=O) groups excluding carboxylic acids is 1. The van der Waals surface area contributed by atoms with E-state index in [0.717, 1.165) is 62.0 Å². The molecule has 178 valence electrons. The largest absolute Gasteiger partial charge is 0.494 e. The molecule has 0 aromatic heterocycles. The van der Waals surface area contributed by atoms with E-state index in [0.29, 0.717) is 12.8 Å². The zero-order valence-electron chi connectivity index (χ0n) is 19.3. The normalized spacial score (nSPS) is 26.0. The van der Waals surface area contributed by atoms with Crippen LogP contribution in [0, 0.1) is 0 Å². The van der Waals surface area contributed by atoms with Crippen LogP contribution in [0.5, 0.6) is 5.75 Å². The lowest BCUT2D eigenvalue weighted by atomic mass is 9.99. The maximum atomic E-state index is 12.6. The van der Waals surface area contributed by atoms with E-state index in [1.807, 2.05) is 16.7 Å². The number of fused-ring (bicyclic) bond motifs is 3. The van der Waals surface area contributed by atoms with Gasteiger partial charge in [-0.05, 0) is 30.5 Å². The molecule has 8 nitrogen and oxygen atoms in total. The van der Waals surface area contributed by atoms with Gasteiger partial charge in [0, 0.05) is 49.8 Å². The number of amidine groups is 1. The van der Waals surface area contributed by atoms with Crippen molar-refractivity contribution in [3.8, 4) is 5.75 Å². The minimum absolute atomic E-state index is 0.0839. The van der Waals surface area contributed by atoms with Crippen LogP contribution in [0.2, 0.25) is 0 Å². The highest BCUT2D eigenvalue weighted by molar-refractivity contribution is 7.99. The molecule has 1 aromatic carbocycles. The summed E-state index contributed by atoms with van der Waals surface area (Å²) in [6, 6.07) is 8.96. The molecule has 4 heterocycles. The summed E-state index contributed by atoms with van der Waals surface area (Å²) in [6.45, 7) is 4.68. The van der Waals surface area contributed by atoms with Crippen LogP contribution in [0.3, 0.4) is 0 Å². The van der Waals surface area contributed by atoms with Gasteiger partial charge in [-0.2, -0.15) is 16.9 Å². The van der Waals surface area contributed by atoms with E-state index >= 15 is 0 Å². The molecule has 0 aliphatic carbocycles. The van der Waals surface area contributed by atoms with Gasteiger partial charge in [0.2, 0.25) is 5.91 Å². The topological polar surface area (TPSA) is 72.4 Å². The van der Waals surface area contributed by atoms with Crippen LogP contribution < -0.4 is 15.6 Å². The smallest absolute Gasteiger partial charge is 0.223 e. The standard InChI is InChI=1S/C24H34N6O2S/c1-2-3-14-32-19-6-4-18(5-7-19)20-17-21-24-26-25-22(29(24)10-11-30(21)27-20)8-9-23(31)28-12-15-33-16-13-28/h4-7,10-11,20-21,24,26-27H,2-3,8-9,12-17H2,1H3. The fourth-order valence-electron chi connectivity index (χ4n) is 4.85. The van der Waals surface area contributed by atoms with Crippen LogP contribution in [-0.4, -0.2) is 70.0 Å². The average Bonchev–Trinajstić information content (AvgIpc) is 3.48. The Bertz CT molecular complexity index is 885. The molecule has 0 saturated carbocycles.